The van der Waals surface area contributed by atoms with Gasteiger partial charge in [0.2, 0.25) is 0 Å². The zero-order chi connectivity index (χ0) is 14.5. The lowest BCUT2D eigenvalue weighted by Gasteiger charge is -2.18. The molecule has 0 aliphatic rings. The molecule has 1 aromatic heterocycles. The highest BCUT2D eigenvalue weighted by molar-refractivity contribution is 5.79. The minimum atomic E-state index is -1.97. The summed E-state index contributed by atoms with van der Waals surface area (Å²) in [6.45, 7) is 1.15. The highest BCUT2D eigenvalue weighted by Crippen LogP contribution is 2.00. The zero-order valence-corrected chi connectivity index (χ0v) is 10.9. The molecule has 1 unspecified atom stereocenters. The third-order valence-electron chi connectivity index (χ3n) is 2.51. The molecule has 0 aliphatic heterocycles. The highest BCUT2D eigenvalue weighted by atomic mass is 16.4. The van der Waals surface area contributed by atoms with E-state index in [9.17, 15) is 14.7 Å². The molecule has 0 aliphatic carbocycles. The Hall–Kier alpha value is -2.09. The first-order valence-corrected chi connectivity index (χ1v) is 5.76. The average molecular weight is 270 g/mol. The van der Waals surface area contributed by atoms with Crippen LogP contribution in [0.4, 0.5) is 4.79 Å². The van der Waals surface area contributed by atoms with E-state index in [1.54, 1.807) is 17.9 Å². The van der Waals surface area contributed by atoms with Gasteiger partial charge in [-0.1, -0.05) is 0 Å². The van der Waals surface area contributed by atoms with Crippen LogP contribution < -0.4 is 10.6 Å². The number of carboxylic acids is 1. The van der Waals surface area contributed by atoms with E-state index in [1.807, 2.05) is 6.20 Å². The predicted molar refractivity (Wildman–Crippen MR) is 66.6 cm³/mol. The lowest BCUT2D eigenvalue weighted by Crippen LogP contribution is -2.49. The molecule has 1 heterocycles. The summed E-state index contributed by atoms with van der Waals surface area (Å²) in [6.07, 6.45) is 4.17. The maximum atomic E-state index is 11.4. The van der Waals surface area contributed by atoms with Crippen LogP contribution in [0.15, 0.2) is 12.4 Å². The Morgan fingerprint density at radius 1 is 1.47 bits per heavy atom. The molecule has 1 rings (SSSR count). The summed E-state index contributed by atoms with van der Waals surface area (Å²) in [5, 5.41) is 26.9. The van der Waals surface area contributed by atoms with Gasteiger partial charge in [0.25, 0.3) is 0 Å². The van der Waals surface area contributed by atoms with Crippen LogP contribution in [0.25, 0.3) is 0 Å². The Morgan fingerprint density at radius 2 is 2.16 bits per heavy atom. The number of hydrogen-bond acceptors (Lipinski definition) is 4. The van der Waals surface area contributed by atoms with Crippen molar-refractivity contribution < 1.29 is 19.8 Å². The summed E-state index contributed by atoms with van der Waals surface area (Å²) in [5.41, 5.74) is -0.985. The number of aliphatic hydroxyl groups is 1. The van der Waals surface area contributed by atoms with Gasteiger partial charge in [-0.25, -0.2) is 9.59 Å². The molecule has 0 spiro atoms. The monoisotopic (exact) mass is 270 g/mol. The molecule has 1 atom stereocenters. The van der Waals surface area contributed by atoms with Gasteiger partial charge in [-0.15, -0.1) is 0 Å². The topological polar surface area (TPSA) is 116 Å². The largest absolute Gasteiger partial charge is 0.479 e. The van der Waals surface area contributed by atoms with Crippen molar-refractivity contribution in [2.75, 3.05) is 13.1 Å². The van der Waals surface area contributed by atoms with Crippen LogP contribution in [-0.4, -0.2) is 50.7 Å². The zero-order valence-electron chi connectivity index (χ0n) is 10.9. The van der Waals surface area contributed by atoms with Crippen molar-refractivity contribution in [1.29, 1.82) is 0 Å². The second-order valence-corrected chi connectivity index (χ2v) is 4.46. The molecule has 106 valence electrons. The Kier molecular flexibility index (Phi) is 4.87. The fourth-order valence-electron chi connectivity index (χ4n) is 1.31. The summed E-state index contributed by atoms with van der Waals surface area (Å²) in [7, 11) is 1.80. The number of amides is 2. The Bertz CT molecular complexity index is 455. The summed E-state index contributed by atoms with van der Waals surface area (Å²) >= 11 is 0. The van der Waals surface area contributed by atoms with Gasteiger partial charge < -0.3 is 20.8 Å². The summed E-state index contributed by atoms with van der Waals surface area (Å²) in [4.78, 5) is 22.0. The first-order chi connectivity index (χ1) is 8.81. The quantitative estimate of drug-likeness (QED) is 0.534. The third-order valence-corrected chi connectivity index (χ3v) is 2.51. The maximum absolute atomic E-state index is 11.4. The number of carboxylic acid groups (broad SMARTS) is 1. The van der Waals surface area contributed by atoms with Crippen LogP contribution in [0.3, 0.4) is 0 Å². The molecule has 0 saturated heterocycles. The summed E-state index contributed by atoms with van der Waals surface area (Å²) in [6, 6.07) is -0.523. The number of aliphatic carboxylic acids is 1. The van der Waals surface area contributed by atoms with Crippen molar-refractivity contribution in [1.82, 2.24) is 20.4 Å². The van der Waals surface area contributed by atoms with E-state index in [-0.39, 0.29) is 6.54 Å². The van der Waals surface area contributed by atoms with E-state index in [1.165, 1.54) is 0 Å². The average Bonchev–Trinajstić information content (AvgIpc) is 2.72. The molecule has 2 amide bonds. The number of urea groups is 1. The normalized spacial score (nSPS) is 13.6. The summed E-state index contributed by atoms with van der Waals surface area (Å²) in [5.74, 6) is -1.39. The number of aryl methyl sites for hydroxylation is 1. The van der Waals surface area contributed by atoms with Crippen molar-refractivity contribution in [2.45, 2.75) is 18.9 Å². The van der Waals surface area contributed by atoms with Gasteiger partial charge >= 0.3 is 12.0 Å². The third kappa shape index (κ3) is 4.96. The second-order valence-electron chi connectivity index (χ2n) is 4.46. The molecule has 0 saturated carbocycles. The first kappa shape index (κ1) is 15.0. The standard InChI is InChI=1S/C11H18N4O4/c1-11(19,9(16)17)7-13-10(18)12-4-3-8-5-14-15(2)6-8/h5-6,19H,3-4,7H2,1-2H3,(H,16,17)(H2,12,13,18). The van der Waals surface area contributed by atoms with Gasteiger partial charge in [-0.2, -0.15) is 5.10 Å². The van der Waals surface area contributed by atoms with Crippen LogP contribution >= 0.6 is 0 Å². The number of hydrogen-bond donors (Lipinski definition) is 4. The van der Waals surface area contributed by atoms with Gasteiger partial charge in [-0.05, 0) is 18.9 Å². The fourth-order valence-corrected chi connectivity index (χ4v) is 1.31. The van der Waals surface area contributed by atoms with Crippen molar-refractivity contribution in [3.63, 3.8) is 0 Å². The van der Waals surface area contributed by atoms with E-state index in [0.29, 0.717) is 13.0 Å². The van der Waals surface area contributed by atoms with E-state index in [4.69, 9.17) is 5.11 Å². The van der Waals surface area contributed by atoms with E-state index in [0.717, 1.165) is 12.5 Å². The number of carbonyl (C=O) groups excluding carboxylic acids is 1. The van der Waals surface area contributed by atoms with Crippen LogP contribution in [0, 0.1) is 0 Å². The van der Waals surface area contributed by atoms with Gasteiger partial charge in [0.05, 0.1) is 12.7 Å². The number of nitrogens with one attached hydrogen (secondary N) is 2. The molecule has 8 nitrogen and oxygen atoms in total. The van der Waals surface area contributed by atoms with E-state index in [2.05, 4.69) is 15.7 Å². The fraction of sp³-hybridized carbons (Fsp3) is 0.545. The Morgan fingerprint density at radius 3 is 2.68 bits per heavy atom. The van der Waals surface area contributed by atoms with Crippen LogP contribution in [0.1, 0.15) is 12.5 Å². The molecule has 1 aromatic rings. The molecular formula is C11H18N4O4. The SMILES string of the molecule is Cn1cc(CCNC(=O)NCC(C)(O)C(=O)O)cn1. The molecule has 19 heavy (non-hydrogen) atoms. The molecular weight excluding hydrogens is 252 g/mol. The molecule has 4 N–H and O–H groups in total. The lowest BCUT2D eigenvalue weighted by molar-refractivity contribution is -0.155. The van der Waals surface area contributed by atoms with Crippen molar-refractivity contribution in [3.05, 3.63) is 18.0 Å². The number of aromatic nitrogens is 2. The molecule has 0 radical (unpaired) electrons. The molecule has 0 aromatic carbocycles. The Balaban J connectivity index is 2.23. The first-order valence-electron chi connectivity index (χ1n) is 5.76. The number of carbonyl (C=O) groups is 2. The van der Waals surface area contributed by atoms with Crippen LogP contribution in [-0.2, 0) is 18.3 Å². The minimum absolute atomic E-state index is 0.360. The highest BCUT2D eigenvalue weighted by Gasteiger charge is 2.30. The second kappa shape index (κ2) is 6.19. The summed E-state index contributed by atoms with van der Waals surface area (Å²) < 4.78 is 1.67. The molecule has 8 heteroatoms. The van der Waals surface area contributed by atoms with E-state index < -0.39 is 17.6 Å². The van der Waals surface area contributed by atoms with Crippen molar-refractivity contribution in [3.8, 4) is 0 Å². The van der Waals surface area contributed by atoms with E-state index >= 15 is 0 Å². The predicted octanol–water partition coefficient (Wildman–Crippen LogP) is -0.903. The Labute approximate surface area is 110 Å². The minimum Gasteiger partial charge on any atom is -0.479 e. The smallest absolute Gasteiger partial charge is 0.337 e. The number of nitrogens with zero attached hydrogens (tertiary/aromatic N) is 2. The van der Waals surface area contributed by atoms with Gasteiger partial charge in [-0.3, -0.25) is 4.68 Å². The van der Waals surface area contributed by atoms with Crippen molar-refractivity contribution >= 4 is 12.0 Å². The van der Waals surface area contributed by atoms with Crippen LogP contribution in [0.2, 0.25) is 0 Å². The lowest BCUT2D eigenvalue weighted by atomic mass is 10.1. The van der Waals surface area contributed by atoms with Gasteiger partial charge in [0.1, 0.15) is 0 Å². The molecule has 0 fully saturated rings. The van der Waals surface area contributed by atoms with Crippen LogP contribution in [0.5, 0.6) is 0 Å². The van der Waals surface area contributed by atoms with Gasteiger partial charge in [0, 0.05) is 19.8 Å². The maximum Gasteiger partial charge on any atom is 0.337 e. The number of rotatable bonds is 6. The molecule has 0 bridgehead atoms. The van der Waals surface area contributed by atoms with Gasteiger partial charge in [0.15, 0.2) is 5.60 Å². The van der Waals surface area contributed by atoms with Crippen molar-refractivity contribution in [2.24, 2.45) is 7.05 Å².